The lowest BCUT2D eigenvalue weighted by atomic mass is 10.1. The maximum absolute atomic E-state index is 11.8. The van der Waals surface area contributed by atoms with Crippen LogP contribution >= 0.6 is 24.4 Å². The molecular formula is C16H10N2O6S4. The van der Waals surface area contributed by atoms with Crippen molar-refractivity contribution in [2.24, 2.45) is 9.98 Å². The second-order valence-electron chi connectivity index (χ2n) is 5.11. The van der Waals surface area contributed by atoms with E-state index in [9.17, 15) is 25.9 Å². The van der Waals surface area contributed by atoms with Crippen LogP contribution < -0.4 is 0 Å². The minimum Gasteiger partial charge on any atom is -0.282 e. The molecule has 0 spiro atoms. The molecule has 0 aromatic heterocycles. The van der Waals surface area contributed by atoms with Gasteiger partial charge in [-0.05, 0) is 53.8 Å². The van der Waals surface area contributed by atoms with Crippen molar-refractivity contribution < 1.29 is 25.9 Å². The highest BCUT2D eigenvalue weighted by molar-refractivity contribution is 7.89. The minimum absolute atomic E-state index is 0.195. The summed E-state index contributed by atoms with van der Waals surface area (Å²) < 4.78 is 66.1. The van der Waals surface area contributed by atoms with Gasteiger partial charge in [0, 0.05) is 0 Å². The number of aliphatic imine (C=N–C) groups is 2. The van der Waals surface area contributed by atoms with Gasteiger partial charge in [0.15, 0.2) is 0 Å². The summed E-state index contributed by atoms with van der Waals surface area (Å²) in [6, 6.07) is 8.86. The third-order valence-corrected chi connectivity index (χ3v) is 5.52. The Kier molecular flexibility index (Phi) is 6.83. The van der Waals surface area contributed by atoms with Crippen LogP contribution in [0.15, 0.2) is 56.2 Å². The van der Waals surface area contributed by atoms with Crippen molar-refractivity contribution in [3.63, 3.8) is 0 Å². The van der Waals surface area contributed by atoms with Gasteiger partial charge in [0.1, 0.15) is 9.79 Å². The fourth-order valence-corrected chi connectivity index (χ4v) is 4.59. The molecule has 28 heavy (non-hydrogen) atoms. The van der Waals surface area contributed by atoms with Crippen LogP contribution in [0.3, 0.4) is 0 Å². The first-order chi connectivity index (χ1) is 13.1. The smallest absolute Gasteiger partial charge is 0.282 e. The molecule has 0 fully saturated rings. The van der Waals surface area contributed by atoms with Crippen LogP contribution in [-0.4, -0.2) is 36.3 Å². The van der Waals surface area contributed by atoms with Crippen LogP contribution in [0, 0.1) is 0 Å². The Morgan fingerprint density at radius 1 is 0.786 bits per heavy atom. The monoisotopic (exact) mass is 454 g/mol. The highest BCUT2D eigenvalue weighted by atomic mass is 32.2. The summed E-state index contributed by atoms with van der Waals surface area (Å²) in [5.41, 5.74) is 0.491. The maximum Gasteiger partial charge on any atom is 0.298 e. The van der Waals surface area contributed by atoms with Crippen LogP contribution in [-0.2, 0) is 20.2 Å². The highest BCUT2D eigenvalue weighted by Crippen LogP contribution is 2.34. The molecule has 2 aromatic carbocycles. The number of nitrogens with zero attached hydrogens (tertiary/aromatic N) is 2. The summed E-state index contributed by atoms with van der Waals surface area (Å²) >= 11 is 8.90. The summed E-state index contributed by atoms with van der Waals surface area (Å²) in [7, 11) is -10.1. The number of hydrogen-bond acceptors (Lipinski definition) is 8. The molecule has 0 aliphatic carbocycles. The molecule has 2 aromatic rings. The van der Waals surface area contributed by atoms with Gasteiger partial charge in [-0.1, -0.05) is 30.4 Å². The lowest BCUT2D eigenvalue weighted by molar-refractivity contribution is 0.466. The molecular weight excluding hydrogens is 444 g/mol. The fraction of sp³-hybridized carbons (Fsp3) is 0. The van der Waals surface area contributed by atoms with Gasteiger partial charge in [-0.15, -0.1) is 0 Å². The van der Waals surface area contributed by atoms with Crippen LogP contribution in [0.1, 0.15) is 11.1 Å². The Labute approximate surface area is 171 Å². The molecule has 0 amide bonds. The molecule has 0 aliphatic heterocycles. The molecule has 12 heteroatoms. The third-order valence-electron chi connectivity index (χ3n) is 3.33. The van der Waals surface area contributed by atoms with E-state index in [0.717, 1.165) is 6.07 Å². The van der Waals surface area contributed by atoms with E-state index in [1.54, 1.807) is 24.3 Å². The average molecular weight is 455 g/mol. The Morgan fingerprint density at radius 2 is 1.36 bits per heavy atom. The largest absolute Gasteiger partial charge is 0.298 e. The number of isothiocyanates is 2. The minimum atomic E-state index is -5.07. The second-order valence-corrected chi connectivity index (χ2v) is 8.20. The molecule has 0 atom stereocenters. The van der Waals surface area contributed by atoms with Crippen molar-refractivity contribution in [2.75, 3.05) is 0 Å². The first-order valence-electron chi connectivity index (χ1n) is 7.14. The van der Waals surface area contributed by atoms with Crippen LogP contribution in [0.2, 0.25) is 0 Å². The SMILES string of the molecule is O=S(=O)(O)c1c(C=Cc2ccc(N=C=S)cc2)ccc(N=C=S)c1S(=O)(=O)O. The van der Waals surface area contributed by atoms with Crippen molar-refractivity contribution in [3.8, 4) is 0 Å². The zero-order chi connectivity index (χ0) is 20.9. The molecule has 0 radical (unpaired) electrons. The third kappa shape index (κ3) is 5.32. The number of benzene rings is 2. The van der Waals surface area contributed by atoms with E-state index in [4.69, 9.17) is 0 Å². The molecule has 2 N–H and O–H groups in total. The van der Waals surface area contributed by atoms with Gasteiger partial charge >= 0.3 is 0 Å². The molecule has 2 rings (SSSR count). The van der Waals surface area contributed by atoms with Gasteiger partial charge in [0.05, 0.1) is 21.7 Å². The molecule has 0 aliphatic rings. The number of hydrogen-bond donors (Lipinski definition) is 2. The average Bonchev–Trinajstić information content (AvgIpc) is 2.60. The summed E-state index contributed by atoms with van der Waals surface area (Å²) in [4.78, 5) is 5.10. The van der Waals surface area contributed by atoms with Gasteiger partial charge in [-0.3, -0.25) is 9.11 Å². The quantitative estimate of drug-likeness (QED) is 0.291. The Balaban J connectivity index is 2.70. The first-order valence-corrected chi connectivity index (χ1v) is 10.8. The van der Waals surface area contributed by atoms with E-state index < -0.39 is 35.7 Å². The Morgan fingerprint density at radius 3 is 1.86 bits per heavy atom. The molecule has 0 heterocycles. The van der Waals surface area contributed by atoms with Crippen LogP contribution in [0.25, 0.3) is 12.2 Å². The van der Waals surface area contributed by atoms with Crippen molar-refractivity contribution >= 4 is 78.5 Å². The van der Waals surface area contributed by atoms with Crippen LogP contribution in [0.4, 0.5) is 11.4 Å². The van der Waals surface area contributed by atoms with Gasteiger partial charge in [0.2, 0.25) is 0 Å². The molecule has 8 nitrogen and oxygen atoms in total. The maximum atomic E-state index is 11.8. The summed E-state index contributed by atoms with van der Waals surface area (Å²) in [6.07, 6.45) is 2.71. The van der Waals surface area contributed by atoms with Crippen LogP contribution in [0.5, 0.6) is 0 Å². The van der Waals surface area contributed by atoms with Crippen molar-refractivity contribution in [3.05, 3.63) is 47.5 Å². The van der Waals surface area contributed by atoms with E-state index in [-0.39, 0.29) is 5.56 Å². The summed E-state index contributed by atoms with van der Waals surface area (Å²) in [5, 5.41) is 4.10. The van der Waals surface area contributed by atoms with E-state index in [1.807, 2.05) is 5.16 Å². The molecule has 0 saturated heterocycles. The first kappa shape index (κ1) is 21.9. The van der Waals surface area contributed by atoms with E-state index >= 15 is 0 Å². The Hall–Kier alpha value is -2.40. The van der Waals surface area contributed by atoms with E-state index in [0.29, 0.717) is 11.3 Å². The Bertz CT molecular complexity index is 1250. The second kappa shape index (κ2) is 8.74. The number of rotatable bonds is 6. The van der Waals surface area contributed by atoms with Gasteiger partial charge in [0.25, 0.3) is 20.2 Å². The van der Waals surface area contributed by atoms with Gasteiger partial charge < -0.3 is 0 Å². The van der Waals surface area contributed by atoms with Gasteiger partial charge in [-0.2, -0.15) is 26.8 Å². The fourth-order valence-electron chi connectivity index (χ4n) is 2.25. The molecule has 0 unspecified atom stereocenters. The molecule has 144 valence electrons. The lowest BCUT2D eigenvalue weighted by Crippen LogP contribution is -2.10. The standard InChI is InChI=1S/C16H10N2O6S4/c19-27(20,21)15-12(4-1-11-2-6-13(7-3-11)17-9-25)5-8-14(18-10-26)16(15)28(22,23)24/h1-8H,(H,19,20,21)(H,22,23,24). The summed E-state index contributed by atoms with van der Waals surface area (Å²) in [5.74, 6) is 0. The van der Waals surface area contributed by atoms with Gasteiger partial charge in [-0.25, -0.2) is 0 Å². The highest BCUT2D eigenvalue weighted by Gasteiger charge is 2.30. The summed E-state index contributed by atoms with van der Waals surface area (Å²) in [6.45, 7) is 0. The zero-order valence-corrected chi connectivity index (χ0v) is 16.9. The molecule has 0 bridgehead atoms. The molecule has 0 saturated carbocycles. The normalized spacial score (nSPS) is 11.6. The predicted octanol–water partition coefficient (Wildman–Crippen LogP) is 3.82. The van der Waals surface area contributed by atoms with E-state index in [2.05, 4.69) is 39.6 Å². The topological polar surface area (TPSA) is 133 Å². The number of thiocarbonyl (C=S) groups is 2. The van der Waals surface area contributed by atoms with Crippen molar-refractivity contribution in [1.82, 2.24) is 0 Å². The van der Waals surface area contributed by atoms with Crippen molar-refractivity contribution in [2.45, 2.75) is 9.79 Å². The van der Waals surface area contributed by atoms with Crippen molar-refractivity contribution in [1.29, 1.82) is 0 Å². The zero-order valence-electron chi connectivity index (χ0n) is 13.7. The predicted molar refractivity (Wildman–Crippen MR) is 111 cm³/mol. The lowest BCUT2D eigenvalue weighted by Gasteiger charge is -2.10. The van der Waals surface area contributed by atoms with E-state index in [1.165, 1.54) is 18.2 Å².